The number of aliphatic carboxylic acids is 1. The third-order valence-electron chi connectivity index (χ3n) is 1.31. The molecule has 0 saturated carbocycles. The molecule has 0 aliphatic rings. The van der Waals surface area contributed by atoms with E-state index in [2.05, 4.69) is 17.9 Å². The highest BCUT2D eigenvalue weighted by Crippen LogP contribution is 1.99. The Bertz CT molecular complexity index is 231. The summed E-state index contributed by atoms with van der Waals surface area (Å²) < 4.78 is 4.43. The maximum Gasteiger partial charge on any atom is 0.330 e. The molecule has 1 N–H and O–H groups in total. The predicted molar refractivity (Wildman–Crippen MR) is 58.5 cm³/mol. The fourth-order valence-electron chi connectivity index (χ4n) is 0.610. The van der Waals surface area contributed by atoms with Crippen molar-refractivity contribution in [2.45, 2.75) is 26.7 Å². The van der Waals surface area contributed by atoms with Crippen LogP contribution in [0.3, 0.4) is 0 Å². The summed E-state index contributed by atoms with van der Waals surface area (Å²) in [6.07, 6.45) is 2.59. The third kappa shape index (κ3) is 12.4. The maximum atomic E-state index is 10.1. The number of carbonyl (C=O) groups excluding carboxylic acids is 1. The second kappa shape index (κ2) is 10.5. The second-order valence-electron chi connectivity index (χ2n) is 2.61. The van der Waals surface area contributed by atoms with Crippen LogP contribution in [0.15, 0.2) is 24.8 Å². The zero-order chi connectivity index (χ0) is 12.3. The summed E-state index contributed by atoms with van der Waals surface area (Å²) in [5, 5.41) is 8.21. The average Bonchev–Trinajstić information content (AvgIpc) is 2.19. The summed E-state index contributed by atoms with van der Waals surface area (Å²) in [4.78, 5) is 20.1. The van der Waals surface area contributed by atoms with Gasteiger partial charge in [-0.3, -0.25) is 0 Å². The molecule has 0 unspecified atom stereocenters. The second-order valence-corrected chi connectivity index (χ2v) is 2.61. The molecule has 0 saturated heterocycles. The number of carboxylic acids is 1. The van der Waals surface area contributed by atoms with Crippen LogP contribution in [-0.2, 0) is 14.3 Å². The molecule has 4 nitrogen and oxygen atoms in total. The molecule has 0 aliphatic carbocycles. The lowest BCUT2D eigenvalue weighted by Crippen LogP contribution is -1.97. The van der Waals surface area contributed by atoms with Gasteiger partial charge in [0.25, 0.3) is 0 Å². The summed E-state index contributed by atoms with van der Waals surface area (Å²) in [6.45, 7) is 10.6. The molecule has 0 radical (unpaired) electrons. The summed E-state index contributed by atoms with van der Waals surface area (Å²) in [5.74, 6) is -1.24. The Hall–Kier alpha value is -1.58. The van der Waals surface area contributed by atoms with Gasteiger partial charge >= 0.3 is 11.9 Å². The number of esters is 1. The van der Waals surface area contributed by atoms with Gasteiger partial charge < -0.3 is 9.84 Å². The lowest BCUT2D eigenvalue weighted by Gasteiger charge is -1.92. The first-order chi connectivity index (χ1) is 6.99. The number of carbonyl (C=O) groups is 2. The molecular weight excluding hydrogens is 196 g/mol. The number of hydrogen-bond donors (Lipinski definition) is 1. The van der Waals surface area contributed by atoms with Crippen LogP contribution in [0.1, 0.15) is 26.7 Å². The third-order valence-corrected chi connectivity index (χ3v) is 1.31. The minimum absolute atomic E-state index is 0.299. The summed E-state index contributed by atoms with van der Waals surface area (Å²) in [6, 6.07) is 0. The van der Waals surface area contributed by atoms with Gasteiger partial charge in [0.15, 0.2) is 0 Å². The molecule has 0 atom stereocenters. The van der Waals surface area contributed by atoms with Gasteiger partial charge in [-0.1, -0.05) is 26.5 Å². The topological polar surface area (TPSA) is 63.6 Å². The van der Waals surface area contributed by atoms with Gasteiger partial charge in [0, 0.05) is 11.6 Å². The molecule has 0 bridgehead atoms. The lowest BCUT2D eigenvalue weighted by atomic mass is 10.2. The van der Waals surface area contributed by atoms with Gasteiger partial charge in [-0.2, -0.15) is 0 Å². The van der Waals surface area contributed by atoms with E-state index in [1.54, 1.807) is 6.92 Å². The van der Waals surface area contributed by atoms with Crippen LogP contribution in [0.5, 0.6) is 0 Å². The Morgan fingerprint density at radius 3 is 2.07 bits per heavy atom. The highest BCUT2D eigenvalue weighted by atomic mass is 16.5. The SMILES string of the molecule is C=C(CCC)C(=O)O.C=CC(=O)OCC. The first-order valence-electron chi connectivity index (χ1n) is 4.69. The molecule has 0 fully saturated rings. The van der Waals surface area contributed by atoms with Gasteiger partial charge in [-0.25, -0.2) is 9.59 Å². The zero-order valence-corrected chi connectivity index (χ0v) is 9.28. The standard InChI is InChI=1S/C6H10O2.C5H8O2/c1-3-4-5(2)6(7)8;1-3-5(6)7-4-2/h2-4H2,1H3,(H,7,8);3H,1,4H2,2H3. The molecule has 15 heavy (non-hydrogen) atoms. The Kier molecular flexibility index (Phi) is 11.1. The van der Waals surface area contributed by atoms with Crippen molar-refractivity contribution in [1.82, 2.24) is 0 Å². The molecular formula is C11H18O4. The van der Waals surface area contributed by atoms with Crippen molar-refractivity contribution < 1.29 is 19.4 Å². The molecule has 0 spiro atoms. The van der Waals surface area contributed by atoms with Crippen molar-refractivity contribution in [3.63, 3.8) is 0 Å². The fourth-order valence-corrected chi connectivity index (χ4v) is 0.610. The normalized spacial score (nSPS) is 8.13. The maximum absolute atomic E-state index is 10.1. The van der Waals surface area contributed by atoms with Crippen molar-refractivity contribution in [3.8, 4) is 0 Å². The van der Waals surface area contributed by atoms with Crippen molar-refractivity contribution in [1.29, 1.82) is 0 Å². The Balaban J connectivity index is 0. The van der Waals surface area contributed by atoms with E-state index < -0.39 is 5.97 Å². The summed E-state index contributed by atoms with van der Waals surface area (Å²) >= 11 is 0. The van der Waals surface area contributed by atoms with Crippen LogP contribution in [0, 0.1) is 0 Å². The molecule has 0 aromatic carbocycles. The fraction of sp³-hybridized carbons (Fsp3) is 0.455. The van der Waals surface area contributed by atoms with Gasteiger partial charge in [0.1, 0.15) is 0 Å². The van der Waals surface area contributed by atoms with E-state index in [1.165, 1.54) is 0 Å². The molecule has 0 rings (SSSR count). The number of hydrogen-bond acceptors (Lipinski definition) is 3. The highest BCUT2D eigenvalue weighted by Gasteiger charge is 1.99. The van der Waals surface area contributed by atoms with Crippen LogP contribution in [-0.4, -0.2) is 23.7 Å². The first-order valence-corrected chi connectivity index (χ1v) is 4.69. The molecule has 0 aromatic heterocycles. The molecule has 86 valence electrons. The summed E-state index contributed by atoms with van der Waals surface area (Å²) in [5.41, 5.74) is 0.299. The van der Waals surface area contributed by atoms with E-state index in [0.29, 0.717) is 18.6 Å². The van der Waals surface area contributed by atoms with Gasteiger partial charge in [-0.05, 0) is 13.3 Å². The molecule has 4 heteroatoms. The molecule has 0 heterocycles. The van der Waals surface area contributed by atoms with Crippen LogP contribution in [0.2, 0.25) is 0 Å². The van der Waals surface area contributed by atoms with E-state index in [1.807, 2.05) is 6.92 Å². The quantitative estimate of drug-likeness (QED) is 0.562. The minimum Gasteiger partial charge on any atom is -0.478 e. The van der Waals surface area contributed by atoms with Gasteiger partial charge in [0.2, 0.25) is 0 Å². The predicted octanol–water partition coefficient (Wildman–Crippen LogP) is 2.16. The molecule has 0 aliphatic heterocycles. The van der Waals surface area contributed by atoms with Crippen molar-refractivity contribution in [2.75, 3.05) is 6.61 Å². The first kappa shape index (κ1) is 15.9. The Labute approximate surface area is 90.2 Å². The Morgan fingerprint density at radius 2 is 1.93 bits per heavy atom. The highest BCUT2D eigenvalue weighted by molar-refractivity contribution is 5.85. The molecule has 0 aromatic rings. The van der Waals surface area contributed by atoms with Crippen LogP contribution in [0.25, 0.3) is 0 Å². The van der Waals surface area contributed by atoms with Crippen LogP contribution in [0.4, 0.5) is 0 Å². The van der Waals surface area contributed by atoms with E-state index in [-0.39, 0.29) is 5.97 Å². The minimum atomic E-state index is -0.883. The average molecular weight is 214 g/mol. The smallest absolute Gasteiger partial charge is 0.330 e. The Morgan fingerprint density at radius 1 is 1.40 bits per heavy atom. The van der Waals surface area contributed by atoms with Gasteiger partial charge in [0.05, 0.1) is 6.61 Å². The lowest BCUT2D eigenvalue weighted by molar-refractivity contribution is -0.137. The number of rotatable bonds is 5. The largest absolute Gasteiger partial charge is 0.478 e. The van der Waals surface area contributed by atoms with Crippen molar-refractivity contribution in [2.24, 2.45) is 0 Å². The van der Waals surface area contributed by atoms with Crippen molar-refractivity contribution >= 4 is 11.9 Å². The van der Waals surface area contributed by atoms with E-state index in [0.717, 1.165) is 12.5 Å². The van der Waals surface area contributed by atoms with E-state index in [9.17, 15) is 9.59 Å². The van der Waals surface area contributed by atoms with E-state index >= 15 is 0 Å². The van der Waals surface area contributed by atoms with Gasteiger partial charge in [-0.15, -0.1) is 0 Å². The summed E-state index contributed by atoms with van der Waals surface area (Å²) in [7, 11) is 0. The van der Waals surface area contributed by atoms with Crippen LogP contribution >= 0.6 is 0 Å². The zero-order valence-electron chi connectivity index (χ0n) is 9.28. The van der Waals surface area contributed by atoms with E-state index in [4.69, 9.17) is 5.11 Å². The number of carboxylic acid groups (broad SMARTS) is 1. The monoisotopic (exact) mass is 214 g/mol. The number of ether oxygens (including phenoxy) is 1. The van der Waals surface area contributed by atoms with Crippen molar-refractivity contribution in [3.05, 3.63) is 24.8 Å². The van der Waals surface area contributed by atoms with Crippen LogP contribution < -0.4 is 0 Å². The molecule has 0 amide bonds.